The first-order valence-corrected chi connectivity index (χ1v) is 14.0. The number of ether oxygens (including phenoxy) is 1. The first-order chi connectivity index (χ1) is 19.6. The number of benzene rings is 3. The number of fused-ring (bicyclic) bond motifs is 1. The molecule has 0 saturated carbocycles. The maximum Gasteiger partial charge on any atom is 0.343 e. The zero-order chi connectivity index (χ0) is 29.3. The van der Waals surface area contributed by atoms with Crippen LogP contribution in [-0.4, -0.2) is 46.0 Å². The molecule has 1 aliphatic heterocycles. The predicted molar refractivity (Wildman–Crippen MR) is 154 cm³/mol. The van der Waals surface area contributed by atoms with E-state index in [1.54, 1.807) is 24.3 Å². The van der Waals surface area contributed by atoms with Gasteiger partial charge in [0.05, 0.1) is 17.4 Å². The number of imide groups is 1. The van der Waals surface area contributed by atoms with Crippen LogP contribution in [0.4, 0.5) is 0 Å². The minimum atomic E-state index is -0.684. The van der Waals surface area contributed by atoms with Gasteiger partial charge >= 0.3 is 5.97 Å². The van der Waals surface area contributed by atoms with Gasteiger partial charge in [0.1, 0.15) is 12.3 Å². The molecule has 1 saturated heterocycles. The Balaban J connectivity index is 1.38. The van der Waals surface area contributed by atoms with E-state index in [0.29, 0.717) is 17.0 Å². The largest absolute Gasteiger partial charge is 0.423 e. The third kappa shape index (κ3) is 5.87. The minimum absolute atomic E-state index is 0.166. The second-order valence-electron chi connectivity index (χ2n) is 9.86. The highest BCUT2D eigenvalue weighted by atomic mass is 79.9. The molecule has 0 aromatic heterocycles. The molecule has 208 valence electrons. The molecule has 1 aliphatic carbocycles. The van der Waals surface area contributed by atoms with Crippen molar-refractivity contribution in [2.45, 2.75) is 13.3 Å². The van der Waals surface area contributed by atoms with Gasteiger partial charge in [0.2, 0.25) is 0 Å². The summed E-state index contributed by atoms with van der Waals surface area (Å²) in [7, 11) is 0. The van der Waals surface area contributed by atoms with Gasteiger partial charge in [0, 0.05) is 20.6 Å². The molecular weight excluding hydrogens is 612 g/mol. The monoisotopic (exact) mass is 634 g/mol. The molecule has 3 aromatic rings. The van der Waals surface area contributed by atoms with Gasteiger partial charge in [-0.2, -0.15) is 5.01 Å². The molecule has 0 N–H and O–H groups in total. The second-order valence-corrected chi connectivity index (χ2v) is 11.2. The number of hydrogen-bond donors (Lipinski definition) is 0. The van der Waals surface area contributed by atoms with Gasteiger partial charge in [-0.15, -0.1) is 0 Å². The lowest BCUT2D eigenvalue weighted by molar-refractivity contribution is -0.154. The van der Waals surface area contributed by atoms with Crippen molar-refractivity contribution < 1.29 is 28.7 Å². The molecule has 2 aliphatic rings. The molecule has 0 unspecified atom stereocenters. The number of rotatable bonds is 7. The van der Waals surface area contributed by atoms with E-state index in [9.17, 15) is 24.0 Å². The van der Waals surface area contributed by atoms with E-state index in [1.165, 1.54) is 48.5 Å². The molecule has 8 nitrogen and oxygen atoms in total. The van der Waals surface area contributed by atoms with E-state index in [4.69, 9.17) is 16.3 Å². The van der Waals surface area contributed by atoms with Crippen LogP contribution < -0.4 is 4.74 Å². The Morgan fingerprint density at radius 1 is 0.902 bits per heavy atom. The highest BCUT2D eigenvalue weighted by Gasteiger charge is 2.53. The van der Waals surface area contributed by atoms with Crippen LogP contribution in [0.5, 0.6) is 5.75 Å². The Morgan fingerprint density at radius 2 is 1.51 bits per heavy atom. The van der Waals surface area contributed by atoms with Crippen molar-refractivity contribution in [2.24, 2.45) is 17.8 Å². The van der Waals surface area contributed by atoms with E-state index >= 15 is 0 Å². The molecule has 0 spiro atoms. The lowest BCUT2D eigenvalue weighted by Gasteiger charge is -2.30. The van der Waals surface area contributed by atoms with Crippen LogP contribution in [0.2, 0.25) is 5.02 Å². The number of carbonyl (C=O) groups excluding carboxylic acids is 5. The smallest absolute Gasteiger partial charge is 0.343 e. The predicted octanol–water partition coefficient (Wildman–Crippen LogP) is 5.76. The van der Waals surface area contributed by atoms with Gasteiger partial charge in [-0.05, 0) is 85.1 Å². The van der Waals surface area contributed by atoms with Crippen molar-refractivity contribution in [3.63, 3.8) is 0 Å². The molecule has 3 amide bonds. The van der Waals surface area contributed by atoms with E-state index < -0.39 is 47.9 Å². The number of hydrazine groups is 1. The fourth-order valence-electron chi connectivity index (χ4n) is 5.03. The Labute approximate surface area is 249 Å². The molecular formula is C31H24BrClN2O6. The summed E-state index contributed by atoms with van der Waals surface area (Å²) in [4.78, 5) is 66.4. The third-order valence-corrected chi connectivity index (χ3v) is 7.96. The molecule has 3 aromatic carbocycles. The summed E-state index contributed by atoms with van der Waals surface area (Å²) in [6.45, 7) is 1.29. The fraction of sp³-hybridized carbons (Fsp3) is 0.194. The van der Waals surface area contributed by atoms with Crippen LogP contribution in [0.3, 0.4) is 0 Å². The molecule has 3 atom stereocenters. The van der Waals surface area contributed by atoms with Crippen molar-refractivity contribution in [2.75, 3.05) is 6.54 Å². The zero-order valence-electron chi connectivity index (χ0n) is 21.8. The van der Waals surface area contributed by atoms with Gasteiger partial charge in [-0.3, -0.25) is 19.2 Å². The summed E-state index contributed by atoms with van der Waals surface area (Å²) >= 11 is 9.29. The highest BCUT2D eigenvalue weighted by Crippen LogP contribution is 2.39. The van der Waals surface area contributed by atoms with Crippen LogP contribution >= 0.6 is 27.5 Å². The number of ketones is 1. The van der Waals surface area contributed by atoms with Crippen LogP contribution in [0.1, 0.15) is 44.4 Å². The summed E-state index contributed by atoms with van der Waals surface area (Å²) in [5, 5.41) is 2.16. The van der Waals surface area contributed by atoms with Gasteiger partial charge in [-0.1, -0.05) is 46.6 Å². The Kier molecular flexibility index (Phi) is 8.19. The third-order valence-electron chi connectivity index (χ3n) is 7.18. The summed E-state index contributed by atoms with van der Waals surface area (Å²) in [5.74, 6) is -3.96. The van der Waals surface area contributed by atoms with E-state index in [1.807, 2.05) is 19.1 Å². The lowest BCUT2D eigenvalue weighted by Crippen LogP contribution is -2.52. The first-order valence-electron chi connectivity index (χ1n) is 12.9. The second kappa shape index (κ2) is 11.8. The average molecular weight is 636 g/mol. The summed E-state index contributed by atoms with van der Waals surface area (Å²) in [6, 6.07) is 18.5. The number of hydrogen-bond acceptors (Lipinski definition) is 6. The van der Waals surface area contributed by atoms with Crippen LogP contribution in [-0.2, 0) is 9.59 Å². The number of halogens is 2. The topological polar surface area (TPSA) is 101 Å². The normalized spacial score (nSPS) is 19.6. The van der Waals surface area contributed by atoms with Gasteiger partial charge in [-0.25, -0.2) is 9.80 Å². The maximum absolute atomic E-state index is 13.6. The molecule has 10 heteroatoms. The van der Waals surface area contributed by atoms with E-state index in [0.717, 1.165) is 14.5 Å². The SMILES string of the molecule is C[C@@H]1C=CC[C@@H]2C(=O)N(N(CC(=O)c3ccc(OC(=O)c4ccc(Br)cc4)cc3)C(=O)c3ccc(Cl)cc3)C(=O)[C@@H]12. The zero-order valence-corrected chi connectivity index (χ0v) is 24.2. The summed E-state index contributed by atoms with van der Waals surface area (Å²) in [6.07, 6.45) is 4.13. The molecule has 1 fully saturated rings. The molecule has 41 heavy (non-hydrogen) atoms. The molecule has 0 radical (unpaired) electrons. The first kappa shape index (κ1) is 28.4. The number of esters is 1. The Hall–Kier alpha value is -4.08. The fourth-order valence-corrected chi connectivity index (χ4v) is 5.42. The van der Waals surface area contributed by atoms with Gasteiger partial charge in [0.25, 0.3) is 17.7 Å². The van der Waals surface area contributed by atoms with Crippen LogP contribution in [0.25, 0.3) is 0 Å². The standard InChI is InChI=1S/C31H24BrClN2O6/c1-18-3-2-4-25-27(18)30(39)35(29(25)38)34(28(37)20-7-13-23(33)14-8-20)17-26(36)19-9-15-24(16-10-19)41-31(40)21-5-11-22(32)12-6-21/h2-3,5-16,18,25,27H,4,17H2,1H3/t18-,25+,27+/m1/s1. The lowest BCUT2D eigenvalue weighted by atomic mass is 9.78. The van der Waals surface area contributed by atoms with Crippen molar-refractivity contribution in [3.8, 4) is 5.75 Å². The quantitative estimate of drug-likeness (QED) is 0.108. The van der Waals surface area contributed by atoms with Crippen LogP contribution in [0.15, 0.2) is 89.4 Å². The van der Waals surface area contributed by atoms with Crippen molar-refractivity contribution in [1.29, 1.82) is 0 Å². The maximum atomic E-state index is 13.6. The van der Waals surface area contributed by atoms with Crippen molar-refractivity contribution in [3.05, 3.63) is 111 Å². The van der Waals surface area contributed by atoms with Crippen molar-refractivity contribution >= 4 is 57.0 Å². The summed E-state index contributed by atoms with van der Waals surface area (Å²) < 4.78 is 6.21. The average Bonchev–Trinajstić information content (AvgIpc) is 3.22. The number of Topliss-reactive ketones (excluding diaryl/α,β-unsaturated/α-hetero) is 1. The van der Waals surface area contributed by atoms with E-state index in [-0.39, 0.29) is 22.8 Å². The number of nitrogens with zero attached hydrogens (tertiary/aromatic N) is 2. The van der Waals surface area contributed by atoms with Gasteiger partial charge in [0.15, 0.2) is 5.78 Å². The number of carbonyl (C=O) groups is 5. The Morgan fingerprint density at radius 3 is 2.15 bits per heavy atom. The minimum Gasteiger partial charge on any atom is -0.423 e. The number of allylic oxidation sites excluding steroid dienone is 2. The summed E-state index contributed by atoms with van der Waals surface area (Å²) in [5.41, 5.74) is 0.725. The van der Waals surface area contributed by atoms with Gasteiger partial charge < -0.3 is 4.74 Å². The number of amides is 3. The Bertz CT molecular complexity index is 1550. The highest BCUT2D eigenvalue weighted by molar-refractivity contribution is 9.10. The molecule has 5 rings (SSSR count). The van der Waals surface area contributed by atoms with Crippen LogP contribution in [0, 0.1) is 17.8 Å². The van der Waals surface area contributed by atoms with E-state index in [2.05, 4.69) is 15.9 Å². The van der Waals surface area contributed by atoms with Crippen molar-refractivity contribution in [1.82, 2.24) is 10.0 Å². The molecule has 1 heterocycles. The molecule has 0 bridgehead atoms.